The van der Waals surface area contributed by atoms with E-state index >= 15 is 0 Å². The molecule has 4 heterocycles. The number of amides is 2. The summed E-state index contributed by atoms with van der Waals surface area (Å²) in [7, 11) is 2.17. The monoisotopic (exact) mass is 695 g/mol. The molecule has 7 rings (SSSR count). The summed E-state index contributed by atoms with van der Waals surface area (Å²) in [5.74, 6) is 0.370. The molecule has 11 nitrogen and oxygen atoms in total. The minimum atomic E-state index is -0.185. The second-order valence-corrected chi connectivity index (χ2v) is 13.7. The molecule has 3 aromatic carbocycles. The average molecular weight is 696 g/mol. The van der Waals surface area contributed by atoms with Crippen LogP contribution in [0.3, 0.4) is 0 Å². The second kappa shape index (κ2) is 16.2. The Balaban J connectivity index is 0.883. The molecule has 0 saturated carbocycles. The van der Waals surface area contributed by atoms with Crippen molar-refractivity contribution in [3.63, 3.8) is 0 Å². The molecule has 0 atom stereocenters. The fourth-order valence-electron chi connectivity index (χ4n) is 6.58. The number of hydrogen-bond donors (Lipinski definition) is 2. The van der Waals surface area contributed by atoms with Gasteiger partial charge in [-0.05, 0) is 85.3 Å². The Labute approximate surface area is 305 Å². The first kappa shape index (κ1) is 34.9. The van der Waals surface area contributed by atoms with Gasteiger partial charge >= 0.3 is 0 Å². The number of benzene rings is 3. The van der Waals surface area contributed by atoms with Gasteiger partial charge in [0.25, 0.3) is 11.8 Å². The maximum atomic E-state index is 13.3. The molecule has 0 unspecified atom stereocenters. The third-order valence-corrected chi connectivity index (χ3v) is 9.84. The summed E-state index contributed by atoms with van der Waals surface area (Å²) >= 11 is 0. The summed E-state index contributed by atoms with van der Waals surface area (Å²) in [5, 5.41) is 6.31. The Morgan fingerprint density at radius 3 is 2.04 bits per heavy atom. The zero-order valence-corrected chi connectivity index (χ0v) is 29.8. The number of nitrogens with zero attached hydrogens (tertiary/aromatic N) is 7. The number of carbonyl (C=O) groups excluding carboxylic acids is 2. The lowest BCUT2D eigenvalue weighted by Gasteiger charge is -2.35. The van der Waals surface area contributed by atoms with Gasteiger partial charge in [-0.3, -0.25) is 24.4 Å². The smallest absolute Gasteiger partial charge is 0.255 e. The fraction of sp³-hybridized carbons (Fsp3) is 0.293. The van der Waals surface area contributed by atoms with Crippen LogP contribution in [0.5, 0.6) is 0 Å². The summed E-state index contributed by atoms with van der Waals surface area (Å²) < 4.78 is 0. The van der Waals surface area contributed by atoms with Crippen molar-refractivity contribution in [2.45, 2.75) is 20.0 Å². The minimum Gasteiger partial charge on any atom is -0.336 e. The van der Waals surface area contributed by atoms with Crippen molar-refractivity contribution in [3.05, 3.63) is 131 Å². The van der Waals surface area contributed by atoms with Crippen molar-refractivity contribution in [2.24, 2.45) is 0 Å². The van der Waals surface area contributed by atoms with E-state index in [0.29, 0.717) is 30.3 Å². The van der Waals surface area contributed by atoms with Gasteiger partial charge in [0, 0.05) is 112 Å². The highest BCUT2D eigenvalue weighted by atomic mass is 16.2. The van der Waals surface area contributed by atoms with Gasteiger partial charge in [0.15, 0.2) is 0 Å². The van der Waals surface area contributed by atoms with E-state index in [1.165, 1.54) is 5.56 Å². The van der Waals surface area contributed by atoms with Gasteiger partial charge in [0.2, 0.25) is 5.95 Å². The number of hydrogen-bond acceptors (Lipinski definition) is 9. The van der Waals surface area contributed by atoms with E-state index in [9.17, 15) is 9.59 Å². The number of likely N-dealkylation sites (N-methyl/N-ethyl adjacent to an activating group) is 1. The molecule has 2 aromatic heterocycles. The van der Waals surface area contributed by atoms with Gasteiger partial charge in [0.1, 0.15) is 0 Å². The maximum absolute atomic E-state index is 13.3. The lowest BCUT2D eigenvalue weighted by Crippen LogP contribution is -2.48. The second-order valence-electron chi connectivity index (χ2n) is 13.7. The van der Waals surface area contributed by atoms with Crippen molar-refractivity contribution < 1.29 is 9.59 Å². The van der Waals surface area contributed by atoms with Gasteiger partial charge < -0.3 is 20.4 Å². The first-order valence-electron chi connectivity index (χ1n) is 17.9. The van der Waals surface area contributed by atoms with Crippen LogP contribution < -0.4 is 10.6 Å². The Hall–Kier alpha value is -5.49. The molecule has 5 aromatic rings. The number of rotatable bonds is 10. The fourth-order valence-corrected chi connectivity index (χ4v) is 6.58. The Morgan fingerprint density at radius 1 is 0.731 bits per heavy atom. The number of nitrogens with one attached hydrogen (secondary N) is 2. The predicted molar refractivity (Wildman–Crippen MR) is 205 cm³/mol. The van der Waals surface area contributed by atoms with Gasteiger partial charge in [0.05, 0.1) is 5.69 Å². The lowest BCUT2D eigenvalue weighted by molar-refractivity contribution is 0.0628. The molecule has 2 N–H and O–H groups in total. The van der Waals surface area contributed by atoms with Crippen LogP contribution in [0.4, 0.5) is 17.3 Å². The molecule has 0 spiro atoms. The zero-order valence-electron chi connectivity index (χ0n) is 29.8. The van der Waals surface area contributed by atoms with Crippen LogP contribution in [-0.4, -0.2) is 106 Å². The van der Waals surface area contributed by atoms with Crippen LogP contribution in [0.25, 0.3) is 11.3 Å². The van der Waals surface area contributed by atoms with Gasteiger partial charge in [-0.15, -0.1) is 0 Å². The topological polar surface area (TPSA) is 110 Å². The minimum absolute atomic E-state index is 0.0982. The van der Waals surface area contributed by atoms with E-state index in [2.05, 4.69) is 59.5 Å². The molecule has 2 saturated heterocycles. The summed E-state index contributed by atoms with van der Waals surface area (Å²) in [6.07, 6.45) is 5.20. The molecule has 266 valence electrons. The van der Waals surface area contributed by atoms with Crippen molar-refractivity contribution in [1.29, 1.82) is 0 Å². The highest BCUT2D eigenvalue weighted by Gasteiger charge is 2.23. The highest BCUT2D eigenvalue weighted by molar-refractivity contribution is 6.04. The molecule has 0 radical (unpaired) electrons. The number of carbonyl (C=O) groups is 2. The summed E-state index contributed by atoms with van der Waals surface area (Å²) in [6, 6.07) is 27.3. The molecule has 2 aliphatic heterocycles. The van der Waals surface area contributed by atoms with E-state index in [1.54, 1.807) is 18.6 Å². The van der Waals surface area contributed by atoms with Crippen LogP contribution in [0.1, 0.15) is 37.4 Å². The number of anilines is 3. The third-order valence-electron chi connectivity index (χ3n) is 9.84. The van der Waals surface area contributed by atoms with Crippen LogP contribution in [0, 0.1) is 6.92 Å². The lowest BCUT2D eigenvalue weighted by atomic mass is 10.1. The summed E-state index contributed by atoms with van der Waals surface area (Å²) in [6.45, 7) is 11.0. The van der Waals surface area contributed by atoms with E-state index in [0.717, 1.165) is 86.0 Å². The first-order chi connectivity index (χ1) is 25.4. The van der Waals surface area contributed by atoms with E-state index < -0.39 is 0 Å². The van der Waals surface area contributed by atoms with Crippen molar-refractivity contribution in [1.82, 2.24) is 34.6 Å². The Morgan fingerprint density at radius 2 is 1.38 bits per heavy atom. The normalized spacial score (nSPS) is 15.7. The zero-order chi connectivity index (χ0) is 35.9. The largest absolute Gasteiger partial charge is 0.336 e. The molecule has 2 amide bonds. The van der Waals surface area contributed by atoms with Gasteiger partial charge in [-0.2, -0.15) is 0 Å². The van der Waals surface area contributed by atoms with Crippen LogP contribution in [0.15, 0.2) is 104 Å². The van der Waals surface area contributed by atoms with Crippen molar-refractivity contribution in [2.75, 3.05) is 70.0 Å². The van der Waals surface area contributed by atoms with E-state index in [1.807, 2.05) is 84.6 Å². The van der Waals surface area contributed by atoms with Crippen molar-refractivity contribution >= 4 is 29.1 Å². The van der Waals surface area contributed by atoms with Crippen LogP contribution >= 0.6 is 0 Å². The van der Waals surface area contributed by atoms with Crippen LogP contribution in [-0.2, 0) is 13.1 Å². The molecular formula is C41H45N9O2. The molecular weight excluding hydrogens is 651 g/mol. The number of aryl methyl sites for hydroxylation is 1. The third kappa shape index (κ3) is 8.86. The molecule has 0 aliphatic carbocycles. The van der Waals surface area contributed by atoms with Gasteiger partial charge in [-0.25, -0.2) is 9.97 Å². The number of piperazine rings is 2. The first-order valence-corrected chi connectivity index (χ1v) is 17.9. The van der Waals surface area contributed by atoms with Crippen LogP contribution in [0.2, 0.25) is 0 Å². The average Bonchev–Trinajstić information content (AvgIpc) is 3.18. The summed E-state index contributed by atoms with van der Waals surface area (Å²) in [5.41, 5.74) is 7.84. The molecule has 0 bridgehead atoms. The number of aromatic nitrogens is 3. The van der Waals surface area contributed by atoms with E-state index in [4.69, 9.17) is 0 Å². The predicted octanol–water partition coefficient (Wildman–Crippen LogP) is 5.55. The standard InChI is InChI=1S/C41H45N9O2/c1-30-5-14-36(26-38(30)46-41-43-17-15-37(45-41)35-4-3-16-42-27-35)44-39(51)33-10-6-31(7-11-33)29-49-22-24-50(25-23-49)40(52)34-12-8-32(9-13-34)28-48-20-18-47(2)19-21-48/h3-17,26-27H,18-25,28-29H2,1-2H3,(H,44,51)(H,43,45,46). The quantitative estimate of drug-likeness (QED) is 0.195. The summed E-state index contributed by atoms with van der Waals surface area (Å²) in [4.78, 5) is 48.8. The highest BCUT2D eigenvalue weighted by Crippen LogP contribution is 2.25. The van der Waals surface area contributed by atoms with Crippen molar-refractivity contribution in [3.8, 4) is 11.3 Å². The molecule has 2 fully saturated rings. The maximum Gasteiger partial charge on any atom is 0.255 e. The Bertz CT molecular complexity index is 1970. The molecule has 2 aliphatic rings. The van der Waals surface area contributed by atoms with Gasteiger partial charge in [-0.1, -0.05) is 30.3 Å². The number of pyridine rings is 1. The molecule has 11 heteroatoms. The SMILES string of the molecule is Cc1ccc(NC(=O)c2ccc(CN3CCN(C(=O)c4ccc(CN5CCN(C)CC5)cc4)CC3)cc2)cc1Nc1nccc(-c2cccnc2)n1. The van der Waals surface area contributed by atoms with E-state index in [-0.39, 0.29) is 11.8 Å². The Kier molecular flexibility index (Phi) is 10.9. The molecule has 52 heavy (non-hydrogen) atoms.